The Balaban J connectivity index is 2.08. The minimum Gasteiger partial charge on any atom is -0.394 e. The lowest BCUT2D eigenvalue weighted by molar-refractivity contribution is -0.219. The Morgan fingerprint density at radius 3 is 2.58 bits per heavy atom. The van der Waals surface area contributed by atoms with Crippen LogP contribution in [0.2, 0.25) is 0 Å². The molecule has 1 saturated heterocycles. The quantitative estimate of drug-likeness (QED) is 0.342. The average molecular weight is 452 g/mol. The highest BCUT2D eigenvalue weighted by molar-refractivity contribution is 7.71. The van der Waals surface area contributed by atoms with Gasteiger partial charge in [-0.2, -0.15) is 0 Å². The summed E-state index contributed by atoms with van der Waals surface area (Å²) in [5, 5.41) is 37.8. The summed E-state index contributed by atoms with van der Waals surface area (Å²) in [5.41, 5.74) is 0.808. The summed E-state index contributed by atoms with van der Waals surface area (Å²) in [6.07, 6.45) is 1.46. The van der Waals surface area contributed by atoms with Gasteiger partial charge in [-0.3, -0.25) is 14.3 Å². The molecule has 2 aromatic rings. The van der Waals surface area contributed by atoms with E-state index in [1.54, 1.807) is 12.4 Å². The molecule has 1 aliphatic rings. The maximum absolute atomic E-state index is 11.8. The Kier molecular flexibility index (Phi) is 7.89. The highest BCUT2D eigenvalue weighted by atomic mass is 32.1. The van der Waals surface area contributed by atoms with Crippen LogP contribution in [-0.2, 0) is 16.1 Å². The van der Waals surface area contributed by atoms with Gasteiger partial charge in [0, 0.05) is 31.4 Å². The minimum atomic E-state index is -1.38. The third kappa shape index (κ3) is 5.01. The van der Waals surface area contributed by atoms with Gasteiger partial charge in [0.15, 0.2) is 12.1 Å². The van der Waals surface area contributed by atoms with Crippen molar-refractivity contribution in [1.29, 1.82) is 0 Å². The fourth-order valence-electron chi connectivity index (χ4n) is 3.71. The Hall–Kier alpha value is -2.18. The predicted octanol–water partition coefficient (Wildman–Crippen LogP) is 0.782. The molecule has 0 radical (unpaired) electrons. The molecule has 31 heavy (non-hydrogen) atoms. The van der Waals surface area contributed by atoms with Crippen LogP contribution in [0.4, 0.5) is 0 Å². The summed E-state index contributed by atoms with van der Waals surface area (Å²) >= 11 is 5.70. The van der Waals surface area contributed by atoms with Crippen molar-refractivity contribution in [3.05, 3.63) is 29.3 Å². The van der Waals surface area contributed by atoms with Gasteiger partial charge in [0.25, 0.3) is 0 Å². The molecular formula is C20H29N5O5S. The van der Waals surface area contributed by atoms with Gasteiger partial charge in [-0.05, 0) is 30.8 Å². The lowest BCUT2D eigenvalue weighted by atomic mass is 9.96. The highest BCUT2D eigenvalue weighted by Crippen LogP contribution is 2.30. The summed E-state index contributed by atoms with van der Waals surface area (Å²) in [6, 6.07) is 2.63. The molecule has 0 saturated carbocycles. The number of hydrogen-bond acceptors (Lipinski definition) is 8. The van der Waals surface area contributed by atoms with Gasteiger partial charge in [0.1, 0.15) is 24.4 Å². The fourth-order valence-corrected chi connectivity index (χ4v) is 4.03. The smallest absolute Gasteiger partial charge is 0.217 e. The first kappa shape index (κ1) is 23.5. The van der Waals surface area contributed by atoms with Crippen molar-refractivity contribution in [3.8, 4) is 11.4 Å². The van der Waals surface area contributed by atoms with Crippen LogP contribution in [-0.4, -0.2) is 71.5 Å². The van der Waals surface area contributed by atoms with Gasteiger partial charge in [0.05, 0.1) is 6.61 Å². The molecule has 10 nitrogen and oxygen atoms in total. The number of nitrogens with one attached hydrogen (secondary N) is 1. The zero-order chi connectivity index (χ0) is 22.5. The standard InChI is InChI=1S/C20H29N5O5S/c1-3-4-5-10-24-18(13-6-8-21-9-7-13)23-25(20(24)31)19-15(22-12(2)27)17(29)16(28)14(11-26)30-19/h6-9,14-17,19,26,28-29H,3-5,10-11H2,1-2H3,(H,22,27)/t14-,15-,16+,17+,19-/m1/s1. The first-order valence-electron chi connectivity index (χ1n) is 10.4. The molecule has 0 aromatic carbocycles. The van der Waals surface area contributed by atoms with Crippen molar-refractivity contribution in [1.82, 2.24) is 24.6 Å². The summed E-state index contributed by atoms with van der Waals surface area (Å²) in [7, 11) is 0. The van der Waals surface area contributed by atoms with Crippen LogP contribution in [0.1, 0.15) is 39.3 Å². The molecule has 0 spiro atoms. The van der Waals surface area contributed by atoms with Crippen LogP contribution in [0.3, 0.4) is 0 Å². The maximum Gasteiger partial charge on any atom is 0.217 e. The van der Waals surface area contributed by atoms with Gasteiger partial charge in [-0.1, -0.05) is 19.8 Å². The van der Waals surface area contributed by atoms with Gasteiger partial charge in [-0.25, -0.2) is 4.68 Å². The van der Waals surface area contributed by atoms with Crippen molar-refractivity contribution in [2.45, 2.75) is 70.2 Å². The first-order chi connectivity index (χ1) is 14.9. The zero-order valence-corrected chi connectivity index (χ0v) is 18.4. The third-order valence-corrected chi connectivity index (χ3v) is 5.73. The fraction of sp³-hybridized carbons (Fsp3) is 0.600. The number of aliphatic hydroxyl groups is 3. The molecule has 170 valence electrons. The molecule has 3 heterocycles. The molecule has 0 aliphatic carbocycles. The van der Waals surface area contributed by atoms with Gasteiger partial charge >= 0.3 is 0 Å². The Bertz CT molecular complexity index is 934. The molecule has 2 aromatic heterocycles. The van der Waals surface area contributed by atoms with E-state index >= 15 is 0 Å². The van der Waals surface area contributed by atoms with Crippen molar-refractivity contribution < 1.29 is 24.9 Å². The van der Waals surface area contributed by atoms with E-state index in [-0.39, 0.29) is 0 Å². The van der Waals surface area contributed by atoms with Crippen molar-refractivity contribution in [2.75, 3.05) is 6.61 Å². The van der Waals surface area contributed by atoms with Crippen LogP contribution in [0, 0.1) is 4.77 Å². The maximum atomic E-state index is 11.8. The third-order valence-electron chi connectivity index (χ3n) is 5.32. The Labute approximate surface area is 185 Å². The largest absolute Gasteiger partial charge is 0.394 e. The Morgan fingerprint density at radius 1 is 1.26 bits per heavy atom. The number of aromatic nitrogens is 4. The van der Waals surface area contributed by atoms with E-state index in [0.29, 0.717) is 17.1 Å². The van der Waals surface area contributed by atoms with Gasteiger partial charge in [-0.15, -0.1) is 5.10 Å². The molecule has 1 fully saturated rings. The normalized spacial score (nSPS) is 26.0. The van der Waals surface area contributed by atoms with Crippen LogP contribution in [0.15, 0.2) is 24.5 Å². The topological polar surface area (TPSA) is 135 Å². The monoisotopic (exact) mass is 451 g/mol. The van der Waals surface area contributed by atoms with Crippen molar-refractivity contribution in [2.24, 2.45) is 0 Å². The number of aliphatic hydroxyl groups excluding tert-OH is 3. The van der Waals surface area contributed by atoms with Crippen LogP contribution >= 0.6 is 12.2 Å². The number of ether oxygens (including phenoxy) is 1. The number of nitrogens with zero attached hydrogens (tertiary/aromatic N) is 4. The molecular weight excluding hydrogens is 422 g/mol. The zero-order valence-electron chi connectivity index (χ0n) is 17.6. The number of carbonyl (C=O) groups is 1. The average Bonchev–Trinajstić information content (AvgIpc) is 3.08. The molecule has 3 rings (SSSR count). The van der Waals surface area contributed by atoms with E-state index < -0.39 is 43.1 Å². The SMILES string of the molecule is CCCCCn1c(-c2ccncc2)nn([C@@H]2O[C@H](CO)[C@H](O)[C@@H](O)[C@H]2NC(C)=O)c1=S. The van der Waals surface area contributed by atoms with E-state index in [4.69, 9.17) is 17.0 Å². The van der Waals surface area contributed by atoms with Gasteiger partial charge < -0.3 is 25.4 Å². The van der Waals surface area contributed by atoms with Crippen LogP contribution in [0.25, 0.3) is 11.4 Å². The minimum absolute atomic E-state index is 0.351. The number of unbranched alkanes of at least 4 members (excludes halogenated alkanes) is 2. The number of carbonyl (C=O) groups excluding carboxylic acids is 1. The molecule has 1 amide bonds. The molecule has 5 atom stereocenters. The second-order valence-electron chi connectivity index (χ2n) is 7.60. The second kappa shape index (κ2) is 10.4. The van der Waals surface area contributed by atoms with Crippen LogP contribution in [0.5, 0.6) is 0 Å². The second-order valence-corrected chi connectivity index (χ2v) is 7.97. The van der Waals surface area contributed by atoms with E-state index in [2.05, 4.69) is 22.3 Å². The van der Waals surface area contributed by atoms with E-state index in [1.807, 2.05) is 16.7 Å². The molecule has 11 heteroatoms. The molecule has 4 N–H and O–H groups in total. The van der Waals surface area contributed by atoms with E-state index in [1.165, 1.54) is 11.6 Å². The van der Waals surface area contributed by atoms with Crippen LogP contribution < -0.4 is 5.32 Å². The van der Waals surface area contributed by atoms with E-state index in [0.717, 1.165) is 24.8 Å². The summed E-state index contributed by atoms with van der Waals surface area (Å²) < 4.78 is 9.53. The summed E-state index contributed by atoms with van der Waals surface area (Å²) in [6.45, 7) is 3.54. The first-order valence-corrected chi connectivity index (χ1v) is 10.8. The van der Waals surface area contributed by atoms with Crippen molar-refractivity contribution >= 4 is 18.1 Å². The Morgan fingerprint density at radius 2 is 1.97 bits per heavy atom. The lowest BCUT2D eigenvalue weighted by Gasteiger charge is -2.42. The summed E-state index contributed by atoms with van der Waals surface area (Å²) in [5.74, 6) is 0.199. The molecule has 1 aliphatic heterocycles. The van der Waals surface area contributed by atoms with E-state index in [9.17, 15) is 20.1 Å². The predicted molar refractivity (Wildman–Crippen MR) is 114 cm³/mol. The summed E-state index contributed by atoms with van der Waals surface area (Å²) in [4.78, 5) is 15.8. The van der Waals surface area contributed by atoms with Gasteiger partial charge in [0.2, 0.25) is 10.7 Å². The lowest BCUT2D eigenvalue weighted by Crippen LogP contribution is -2.62. The number of rotatable bonds is 8. The molecule has 0 unspecified atom stereocenters. The molecule has 0 bridgehead atoms. The highest BCUT2D eigenvalue weighted by Gasteiger charge is 2.46. The number of pyridine rings is 1. The van der Waals surface area contributed by atoms with Crippen molar-refractivity contribution in [3.63, 3.8) is 0 Å². The number of hydrogen-bond donors (Lipinski definition) is 4. The number of amides is 1.